The molecule has 3 aromatic carbocycles. The van der Waals surface area contributed by atoms with Gasteiger partial charge in [-0.25, -0.2) is 4.98 Å². The van der Waals surface area contributed by atoms with E-state index in [4.69, 9.17) is 16.6 Å². The Morgan fingerprint density at radius 3 is 2.30 bits per heavy atom. The Hall–Kier alpha value is -3.44. The molecule has 5 nitrogen and oxygen atoms in total. The standard InChI is InChI=1S/C27H26ClN3O2/c1-4-30(27(33)24(28)20-10-6-5-7-11-20)19(3)25-29-23-13-9-8-12-22(23)26(32)31(25)21-16-14-18(2)15-17-21/h5-17,19,24H,4H2,1-3H3. The lowest BCUT2D eigenvalue weighted by molar-refractivity contribution is -0.133. The Labute approximate surface area is 198 Å². The highest BCUT2D eigenvalue weighted by Crippen LogP contribution is 2.29. The van der Waals surface area contributed by atoms with Gasteiger partial charge in [0.1, 0.15) is 11.2 Å². The monoisotopic (exact) mass is 459 g/mol. The van der Waals surface area contributed by atoms with Crippen molar-refractivity contribution in [2.75, 3.05) is 6.54 Å². The first-order valence-corrected chi connectivity index (χ1v) is 11.4. The molecular weight excluding hydrogens is 434 g/mol. The minimum Gasteiger partial charge on any atom is -0.331 e. The van der Waals surface area contributed by atoms with Crippen LogP contribution in [0.15, 0.2) is 83.7 Å². The first kappa shape index (κ1) is 22.7. The van der Waals surface area contributed by atoms with E-state index in [0.717, 1.165) is 11.1 Å². The molecule has 6 heteroatoms. The van der Waals surface area contributed by atoms with Crippen LogP contribution in [-0.2, 0) is 4.79 Å². The van der Waals surface area contributed by atoms with Gasteiger partial charge >= 0.3 is 0 Å². The third kappa shape index (κ3) is 4.41. The first-order chi connectivity index (χ1) is 15.9. The summed E-state index contributed by atoms with van der Waals surface area (Å²) in [7, 11) is 0. The van der Waals surface area contributed by atoms with Gasteiger partial charge in [0.2, 0.25) is 5.91 Å². The number of likely N-dealkylation sites (N-methyl/N-ethyl adjacent to an activating group) is 1. The SMILES string of the molecule is CCN(C(=O)C(Cl)c1ccccc1)C(C)c1nc2ccccc2c(=O)n1-c1ccc(C)cc1. The maximum absolute atomic E-state index is 13.6. The Bertz CT molecular complexity index is 1330. The Morgan fingerprint density at radius 2 is 1.64 bits per heavy atom. The van der Waals surface area contributed by atoms with Crippen LogP contribution in [0.25, 0.3) is 16.6 Å². The molecule has 4 aromatic rings. The van der Waals surface area contributed by atoms with Gasteiger partial charge in [-0.05, 0) is 50.6 Å². The predicted molar refractivity (Wildman–Crippen MR) is 133 cm³/mol. The second kappa shape index (κ2) is 9.59. The fourth-order valence-electron chi connectivity index (χ4n) is 4.04. The molecule has 0 bridgehead atoms. The minimum atomic E-state index is -0.825. The van der Waals surface area contributed by atoms with E-state index in [9.17, 15) is 9.59 Å². The van der Waals surface area contributed by atoms with Crippen LogP contribution in [0, 0.1) is 6.92 Å². The molecule has 0 aliphatic carbocycles. The van der Waals surface area contributed by atoms with E-state index in [2.05, 4.69) is 0 Å². The third-order valence-electron chi connectivity index (χ3n) is 5.87. The molecule has 0 saturated carbocycles. The second-order valence-electron chi connectivity index (χ2n) is 8.04. The fraction of sp³-hybridized carbons (Fsp3) is 0.222. The van der Waals surface area contributed by atoms with Crippen LogP contribution in [-0.4, -0.2) is 26.9 Å². The maximum Gasteiger partial charge on any atom is 0.266 e. The van der Waals surface area contributed by atoms with Crippen LogP contribution in [0.1, 0.15) is 42.2 Å². The Morgan fingerprint density at radius 1 is 1.00 bits per heavy atom. The summed E-state index contributed by atoms with van der Waals surface area (Å²) < 4.78 is 1.61. The summed E-state index contributed by atoms with van der Waals surface area (Å²) in [5.74, 6) is 0.269. The summed E-state index contributed by atoms with van der Waals surface area (Å²) in [5.41, 5.74) is 2.97. The van der Waals surface area contributed by atoms with Gasteiger partial charge in [-0.15, -0.1) is 11.6 Å². The normalized spacial score (nSPS) is 13.0. The molecule has 0 aliphatic heterocycles. The molecule has 1 amide bonds. The molecule has 0 saturated heterocycles. The topological polar surface area (TPSA) is 55.2 Å². The van der Waals surface area contributed by atoms with Crippen LogP contribution in [0.3, 0.4) is 0 Å². The van der Waals surface area contributed by atoms with Crippen molar-refractivity contribution in [3.05, 3.63) is 106 Å². The van der Waals surface area contributed by atoms with Crippen LogP contribution in [0.4, 0.5) is 0 Å². The lowest BCUT2D eigenvalue weighted by Crippen LogP contribution is -2.39. The zero-order valence-electron chi connectivity index (χ0n) is 18.9. The number of rotatable bonds is 6. The van der Waals surface area contributed by atoms with Gasteiger partial charge in [0.05, 0.1) is 22.6 Å². The number of hydrogen-bond acceptors (Lipinski definition) is 3. The van der Waals surface area contributed by atoms with Crippen molar-refractivity contribution < 1.29 is 4.79 Å². The molecule has 0 N–H and O–H groups in total. The van der Waals surface area contributed by atoms with Gasteiger partial charge in [0.15, 0.2) is 0 Å². The number of amides is 1. The number of carbonyl (C=O) groups excluding carboxylic acids is 1. The van der Waals surface area contributed by atoms with Crippen molar-refractivity contribution in [3.8, 4) is 5.69 Å². The largest absolute Gasteiger partial charge is 0.331 e. The molecule has 1 heterocycles. The molecule has 1 aromatic heterocycles. The van der Waals surface area contributed by atoms with Crippen LogP contribution >= 0.6 is 11.6 Å². The van der Waals surface area contributed by atoms with Crippen LogP contribution < -0.4 is 5.56 Å². The summed E-state index contributed by atoms with van der Waals surface area (Å²) >= 11 is 6.58. The van der Waals surface area contributed by atoms with E-state index in [1.54, 1.807) is 15.5 Å². The van der Waals surface area contributed by atoms with Crippen LogP contribution in [0.2, 0.25) is 0 Å². The summed E-state index contributed by atoms with van der Waals surface area (Å²) in [6, 6.07) is 23.8. The number of carbonyl (C=O) groups is 1. The number of aromatic nitrogens is 2. The quantitative estimate of drug-likeness (QED) is 0.353. The van der Waals surface area contributed by atoms with Crippen molar-refractivity contribution in [1.82, 2.24) is 14.5 Å². The smallest absolute Gasteiger partial charge is 0.266 e. The average Bonchev–Trinajstić information content (AvgIpc) is 2.85. The molecule has 2 unspecified atom stereocenters. The third-order valence-corrected chi connectivity index (χ3v) is 6.31. The van der Waals surface area contributed by atoms with Gasteiger partial charge in [0, 0.05) is 6.54 Å². The lowest BCUT2D eigenvalue weighted by Gasteiger charge is -2.31. The van der Waals surface area contributed by atoms with Crippen molar-refractivity contribution >= 4 is 28.4 Å². The molecule has 4 rings (SSSR count). The van der Waals surface area contributed by atoms with Crippen molar-refractivity contribution in [1.29, 1.82) is 0 Å². The van der Waals surface area contributed by atoms with Crippen molar-refractivity contribution in [2.45, 2.75) is 32.2 Å². The van der Waals surface area contributed by atoms with E-state index in [-0.39, 0.29) is 11.5 Å². The number of benzene rings is 3. The number of aryl methyl sites for hydroxylation is 1. The Balaban J connectivity index is 1.84. The van der Waals surface area contributed by atoms with E-state index >= 15 is 0 Å². The van der Waals surface area contributed by atoms with E-state index in [1.165, 1.54) is 0 Å². The zero-order chi connectivity index (χ0) is 23.5. The molecule has 0 radical (unpaired) electrons. The fourth-order valence-corrected chi connectivity index (χ4v) is 4.31. The first-order valence-electron chi connectivity index (χ1n) is 11.0. The zero-order valence-corrected chi connectivity index (χ0v) is 19.7. The molecule has 0 aliphatic rings. The summed E-state index contributed by atoms with van der Waals surface area (Å²) in [6.07, 6.45) is 0. The minimum absolute atomic E-state index is 0.166. The number of alkyl halides is 1. The average molecular weight is 460 g/mol. The second-order valence-corrected chi connectivity index (χ2v) is 8.47. The molecule has 33 heavy (non-hydrogen) atoms. The molecule has 0 spiro atoms. The van der Waals surface area contributed by atoms with E-state index in [0.29, 0.717) is 29.0 Å². The van der Waals surface area contributed by atoms with E-state index < -0.39 is 11.4 Å². The van der Waals surface area contributed by atoms with Gasteiger partial charge in [-0.2, -0.15) is 0 Å². The maximum atomic E-state index is 13.6. The van der Waals surface area contributed by atoms with Crippen molar-refractivity contribution in [2.24, 2.45) is 0 Å². The number of nitrogens with zero attached hydrogens (tertiary/aromatic N) is 3. The highest BCUT2D eigenvalue weighted by molar-refractivity contribution is 6.30. The molecular formula is C27H26ClN3O2. The number of halogens is 1. The van der Waals surface area contributed by atoms with Crippen molar-refractivity contribution in [3.63, 3.8) is 0 Å². The number of fused-ring (bicyclic) bond motifs is 1. The summed E-state index contributed by atoms with van der Waals surface area (Å²) in [6.45, 7) is 6.21. The predicted octanol–water partition coefficient (Wildman–Crippen LogP) is 5.58. The van der Waals surface area contributed by atoms with Gasteiger partial charge in [-0.3, -0.25) is 14.2 Å². The van der Waals surface area contributed by atoms with Gasteiger partial charge in [0.25, 0.3) is 5.56 Å². The summed E-state index contributed by atoms with van der Waals surface area (Å²) in [5, 5.41) is -0.295. The van der Waals surface area contributed by atoms with Gasteiger partial charge in [-0.1, -0.05) is 60.2 Å². The number of para-hydroxylation sites is 1. The molecule has 168 valence electrons. The number of hydrogen-bond donors (Lipinski definition) is 0. The summed E-state index contributed by atoms with van der Waals surface area (Å²) in [4.78, 5) is 33.5. The molecule has 0 fully saturated rings. The lowest BCUT2D eigenvalue weighted by atomic mass is 10.1. The highest BCUT2D eigenvalue weighted by atomic mass is 35.5. The highest BCUT2D eigenvalue weighted by Gasteiger charge is 2.30. The Kier molecular flexibility index (Phi) is 6.61. The van der Waals surface area contributed by atoms with Crippen LogP contribution in [0.5, 0.6) is 0 Å². The molecule has 2 atom stereocenters. The van der Waals surface area contributed by atoms with E-state index in [1.807, 2.05) is 93.6 Å². The van der Waals surface area contributed by atoms with Gasteiger partial charge < -0.3 is 4.90 Å².